The number of nitrogens with zero attached hydrogens (tertiary/aromatic N) is 3. The second-order valence-corrected chi connectivity index (χ2v) is 6.30. The summed E-state index contributed by atoms with van der Waals surface area (Å²) in [5.41, 5.74) is 3.74. The molecule has 0 fully saturated rings. The molecule has 2 heterocycles. The van der Waals surface area contributed by atoms with Gasteiger partial charge in [0.25, 0.3) is 5.56 Å². The zero-order chi connectivity index (χ0) is 18.1. The minimum Gasteiger partial charge on any atom is -0.383 e. The molecule has 2 aromatic heterocycles. The van der Waals surface area contributed by atoms with Crippen LogP contribution in [-0.2, 0) is 11.8 Å². The summed E-state index contributed by atoms with van der Waals surface area (Å²) in [7, 11) is 3.39. The van der Waals surface area contributed by atoms with E-state index in [1.807, 2.05) is 12.1 Å². The molecule has 1 aromatic carbocycles. The van der Waals surface area contributed by atoms with Crippen molar-refractivity contribution in [3.8, 4) is 11.4 Å². The highest BCUT2D eigenvalue weighted by molar-refractivity contribution is 5.87. The maximum Gasteiger partial charge on any atom is 0.253 e. The minimum absolute atomic E-state index is 0.0282. The number of hydrogen-bond acceptors (Lipinski definition) is 4. The van der Waals surface area contributed by atoms with E-state index in [2.05, 4.69) is 11.5 Å². The van der Waals surface area contributed by atoms with Crippen molar-refractivity contribution in [2.24, 2.45) is 7.05 Å². The number of aldehydes is 1. The standard InChI is InChI=1S/C19H21N3O3/c1-12-7-15(9-21(3)19(12)24)18-20-16-8-14(10-23)5-6-17(16)22(18)13(2)11-25-4/h5-10,13H,11H2,1-4H3. The highest BCUT2D eigenvalue weighted by Crippen LogP contribution is 2.29. The molecule has 130 valence electrons. The number of hydrogen-bond donors (Lipinski definition) is 0. The molecule has 0 saturated carbocycles. The first-order valence-corrected chi connectivity index (χ1v) is 8.10. The third-order valence-electron chi connectivity index (χ3n) is 4.32. The lowest BCUT2D eigenvalue weighted by Crippen LogP contribution is -2.19. The van der Waals surface area contributed by atoms with E-state index in [-0.39, 0.29) is 11.6 Å². The monoisotopic (exact) mass is 339 g/mol. The van der Waals surface area contributed by atoms with Crippen LogP contribution in [0, 0.1) is 6.92 Å². The highest BCUT2D eigenvalue weighted by atomic mass is 16.5. The molecule has 0 bridgehead atoms. The van der Waals surface area contributed by atoms with Crippen LogP contribution >= 0.6 is 0 Å². The first kappa shape index (κ1) is 17.1. The molecule has 0 spiro atoms. The summed E-state index contributed by atoms with van der Waals surface area (Å²) in [6.45, 7) is 4.37. The Morgan fingerprint density at radius 1 is 1.32 bits per heavy atom. The van der Waals surface area contributed by atoms with Crippen molar-refractivity contribution < 1.29 is 9.53 Å². The Morgan fingerprint density at radius 2 is 2.08 bits per heavy atom. The Kier molecular flexibility index (Phi) is 4.55. The van der Waals surface area contributed by atoms with Crippen LogP contribution in [0.5, 0.6) is 0 Å². The summed E-state index contributed by atoms with van der Waals surface area (Å²) in [5, 5.41) is 0. The predicted molar refractivity (Wildman–Crippen MR) is 97.1 cm³/mol. The van der Waals surface area contributed by atoms with Crippen LogP contribution in [0.1, 0.15) is 28.9 Å². The molecule has 25 heavy (non-hydrogen) atoms. The highest BCUT2D eigenvalue weighted by Gasteiger charge is 2.18. The van der Waals surface area contributed by atoms with E-state index in [1.54, 1.807) is 44.0 Å². The van der Waals surface area contributed by atoms with Crippen LogP contribution in [0.2, 0.25) is 0 Å². The van der Waals surface area contributed by atoms with Gasteiger partial charge in [0.05, 0.1) is 23.7 Å². The summed E-state index contributed by atoms with van der Waals surface area (Å²) in [6.07, 6.45) is 2.60. The van der Waals surface area contributed by atoms with Gasteiger partial charge in [0.15, 0.2) is 0 Å². The number of imidazole rings is 1. The van der Waals surface area contributed by atoms with Crippen molar-refractivity contribution >= 4 is 17.3 Å². The lowest BCUT2D eigenvalue weighted by Gasteiger charge is -2.17. The second-order valence-electron chi connectivity index (χ2n) is 6.30. The number of rotatable bonds is 5. The summed E-state index contributed by atoms with van der Waals surface area (Å²) in [6, 6.07) is 7.35. The molecule has 1 atom stereocenters. The SMILES string of the molecule is COCC(C)n1c(-c2cc(C)c(=O)n(C)c2)nc2cc(C=O)ccc21. The second kappa shape index (κ2) is 6.64. The van der Waals surface area contributed by atoms with Gasteiger partial charge >= 0.3 is 0 Å². The Hall–Kier alpha value is -2.73. The molecule has 6 nitrogen and oxygen atoms in total. The van der Waals surface area contributed by atoms with Gasteiger partial charge < -0.3 is 13.9 Å². The van der Waals surface area contributed by atoms with Crippen molar-refractivity contribution in [3.05, 3.63) is 51.9 Å². The van der Waals surface area contributed by atoms with E-state index in [0.29, 0.717) is 17.7 Å². The van der Waals surface area contributed by atoms with Gasteiger partial charge in [-0.05, 0) is 38.1 Å². The summed E-state index contributed by atoms with van der Waals surface area (Å²) >= 11 is 0. The van der Waals surface area contributed by atoms with Gasteiger partial charge in [-0.3, -0.25) is 9.59 Å². The Bertz CT molecular complexity index is 975. The van der Waals surface area contributed by atoms with E-state index < -0.39 is 0 Å². The summed E-state index contributed by atoms with van der Waals surface area (Å²) < 4.78 is 8.97. The molecule has 0 amide bonds. The smallest absolute Gasteiger partial charge is 0.253 e. The Labute approximate surface area is 145 Å². The van der Waals surface area contributed by atoms with Gasteiger partial charge in [-0.25, -0.2) is 4.98 Å². The van der Waals surface area contributed by atoms with Crippen molar-refractivity contribution in [3.63, 3.8) is 0 Å². The molecule has 1 unspecified atom stereocenters. The van der Waals surface area contributed by atoms with Gasteiger partial charge in [-0.2, -0.15) is 0 Å². The van der Waals surface area contributed by atoms with E-state index in [0.717, 1.165) is 28.7 Å². The van der Waals surface area contributed by atoms with Gasteiger partial charge in [-0.1, -0.05) is 0 Å². The molecular weight excluding hydrogens is 318 g/mol. The molecule has 0 aliphatic carbocycles. The molecule has 3 aromatic rings. The number of aryl methyl sites for hydroxylation is 2. The fourth-order valence-corrected chi connectivity index (χ4v) is 3.15. The largest absolute Gasteiger partial charge is 0.383 e. The topological polar surface area (TPSA) is 66.1 Å². The lowest BCUT2D eigenvalue weighted by atomic mass is 10.2. The Balaban J connectivity index is 2.31. The molecule has 0 N–H and O–H groups in total. The molecule has 3 rings (SSSR count). The first-order valence-electron chi connectivity index (χ1n) is 8.10. The zero-order valence-electron chi connectivity index (χ0n) is 14.8. The molecule has 0 saturated heterocycles. The molecule has 0 aliphatic rings. The average molecular weight is 339 g/mol. The number of ether oxygens (including phenoxy) is 1. The molecule has 0 aliphatic heterocycles. The number of methoxy groups -OCH3 is 1. The fraction of sp³-hybridized carbons (Fsp3) is 0.316. The molecule has 0 radical (unpaired) electrons. The minimum atomic E-state index is -0.0282. The normalized spacial score (nSPS) is 12.5. The summed E-state index contributed by atoms with van der Waals surface area (Å²) in [4.78, 5) is 27.8. The number of pyridine rings is 1. The van der Waals surface area contributed by atoms with Gasteiger partial charge in [-0.15, -0.1) is 0 Å². The van der Waals surface area contributed by atoms with Crippen LogP contribution in [0.3, 0.4) is 0 Å². The average Bonchev–Trinajstić information content (AvgIpc) is 2.97. The number of fused-ring (bicyclic) bond motifs is 1. The molecular formula is C19H21N3O3. The number of carbonyl (C=O) groups excluding carboxylic acids is 1. The molecule has 6 heteroatoms. The van der Waals surface area contributed by atoms with Crippen LogP contribution in [0.25, 0.3) is 22.4 Å². The quantitative estimate of drug-likeness (QED) is 0.671. The van der Waals surface area contributed by atoms with Crippen molar-refractivity contribution in [2.45, 2.75) is 19.9 Å². The van der Waals surface area contributed by atoms with E-state index >= 15 is 0 Å². The van der Waals surface area contributed by atoms with Crippen LogP contribution < -0.4 is 5.56 Å². The predicted octanol–water partition coefficient (Wildman–Crippen LogP) is 2.73. The maximum absolute atomic E-state index is 12.0. The van der Waals surface area contributed by atoms with E-state index in [9.17, 15) is 9.59 Å². The number of benzene rings is 1. The van der Waals surface area contributed by atoms with Gasteiger partial charge in [0, 0.05) is 37.0 Å². The van der Waals surface area contributed by atoms with Gasteiger partial charge in [0.1, 0.15) is 12.1 Å². The third kappa shape index (κ3) is 3.00. The first-order chi connectivity index (χ1) is 12.0. The van der Waals surface area contributed by atoms with Crippen molar-refractivity contribution in [2.75, 3.05) is 13.7 Å². The number of carbonyl (C=O) groups is 1. The third-order valence-corrected chi connectivity index (χ3v) is 4.32. The van der Waals surface area contributed by atoms with Crippen LogP contribution in [0.15, 0.2) is 35.3 Å². The summed E-state index contributed by atoms with van der Waals surface area (Å²) in [5.74, 6) is 0.751. The van der Waals surface area contributed by atoms with Crippen molar-refractivity contribution in [1.29, 1.82) is 0 Å². The number of aromatic nitrogens is 3. The maximum atomic E-state index is 12.0. The van der Waals surface area contributed by atoms with Crippen molar-refractivity contribution in [1.82, 2.24) is 14.1 Å². The lowest BCUT2D eigenvalue weighted by molar-refractivity contribution is 0.112. The van der Waals surface area contributed by atoms with E-state index in [4.69, 9.17) is 9.72 Å². The fourth-order valence-electron chi connectivity index (χ4n) is 3.15. The zero-order valence-corrected chi connectivity index (χ0v) is 14.8. The van der Waals surface area contributed by atoms with Crippen LogP contribution in [-0.4, -0.2) is 34.1 Å². The van der Waals surface area contributed by atoms with E-state index in [1.165, 1.54) is 0 Å². The van der Waals surface area contributed by atoms with Gasteiger partial charge in [0.2, 0.25) is 0 Å². The van der Waals surface area contributed by atoms with Crippen LogP contribution in [0.4, 0.5) is 0 Å². The Morgan fingerprint density at radius 3 is 2.72 bits per heavy atom.